The highest BCUT2D eigenvalue weighted by Gasteiger charge is 2.44. The van der Waals surface area contributed by atoms with Crippen LogP contribution in [0.4, 0.5) is 4.79 Å². The van der Waals surface area contributed by atoms with Crippen LogP contribution < -0.4 is 0 Å². The molecule has 27 heavy (non-hydrogen) atoms. The van der Waals surface area contributed by atoms with Gasteiger partial charge in [0, 0.05) is 0 Å². The third-order valence-electron chi connectivity index (χ3n) is 4.85. The summed E-state index contributed by atoms with van der Waals surface area (Å²) in [5.74, 6) is 0. The standard InChI is InChI=1S/C22H27NO4/c1-22(2,25)20-13-19(26-15-17-9-5-3-6-10-17)14-23(20)21(24)27-16-18-11-7-4-8-12-18/h3-12,19-20,25H,13-16H2,1-2H3/t19-,20+/m1/s1. The van der Waals surface area contributed by atoms with E-state index in [9.17, 15) is 9.90 Å². The highest BCUT2D eigenvalue weighted by molar-refractivity contribution is 5.68. The molecule has 3 rings (SSSR count). The van der Waals surface area contributed by atoms with E-state index in [0.29, 0.717) is 19.6 Å². The number of nitrogens with zero attached hydrogens (tertiary/aromatic N) is 1. The molecular formula is C22H27NO4. The second-order valence-electron chi connectivity index (χ2n) is 7.52. The van der Waals surface area contributed by atoms with Crippen molar-refractivity contribution < 1.29 is 19.4 Å². The number of aliphatic hydroxyl groups is 1. The van der Waals surface area contributed by atoms with E-state index in [4.69, 9.17) is 9.47 Å². The van der Waals surface area contributed by atoms with Gasteiger partial charge in [-0.15, -0.1) is 0 Å². The van der Waals surface area contributed by atoms with Crippen molar-refractivity contribution in [3.8, 4) is 0 Å². The molecular weight excluding hydrogens is 342 g/mol. The fourth-order valence-electron chi connectivity index (χ4n) is 3.38. The molecule has 0 bridgehead atoms. The van der Waals surface area contributed by atoms with Crippen LogP contribution in [0.25, 0.3) is 0 Å². The number of rotatable bonds is 6. The summed E-state index contributed by atoms with van der Waals surface area (Å²) in [6, 6.07) is 19.1. The van der Waals surface area contributed by atoms with Gasteiger partial charge in [0.2, 0.25) is 0 Å². The highest BCUT2D eigenvalue weighted by atomic mass is 16.6. The maximum atomic E-state index is 12.6. The number of benzene rings is 2. The average Bonchev–Trinajstić information content (AvgIpc) is 3.11. The molecule has 2 aromatic carbocycles. The minimum absolute atomic E-state index is 0.133. The Labute approximate surface area is 160 Å². The van der Waals surface area contributed by atoms with Crippen molar-refractivity contribution in [1.29, 1.82) is 0 Å². The Balaban J connectivity index is 1.60. The second kappa shape index (κ2) is 8.55. The van der Waals surface area contributed by atoms with Crippen LogP contribution >= 0.6 is 0 Å². The molecule has 0 aromatic heterocycles. The molecule has 0 saturated carbocycles. The lowest BCUT2D eigenvalue weighted by Crippen LogP contribution is -2.48. The minimum atomic E-state index is -1.03. The molecule has 5 nitrogen and oxygen atoms in total. The maximum absolute atomic E-state index is 12.6. The first-order valence-corrected chi connectivity index (χ1v) is 9.28. The van der Waals surface area contributed by atoms with E-state index in [1.807, 2.05) is 60.7 Å². The van der Waals surface area contributed by atoms with Crippen molar-refractivity contribution >= 4 is 6.09 Å². The van der Waals surface area contributed by atoms with Gasteiger partial charge in [-0.3, -0.25) is 4.90 Å². The zero-order valence-corrected chi connectivity index (χ0v) is 15.9. The lowest BCUT2D eigenvalue weighted by Gasteiger charge is -2.32. The molecule has 1 aliphatic heterocycles. The molecule has 1 aliphatic rings. The summed E-state index contributed by atoms with van der Waals surface area (Å²) >= 11 is 0. The van der Waals surface area contributed by atoms with Crippen LogP contribution in [-0.2, 0) is 22.7 Å². The van der Waals surface area contributed by atoms with E-state index < -0.39 is 11.7 Å². The molecule has 144 valence electrons. The molecule has 1 heterocycles. The summed E-state index contributed by atoms with van der Waals surface area (Å²) in [5, 5.41) is 10.5. The summed E-state index contributed by atoms with van der Waals surface area (Å²) in [6.07, 6.45) is 0.0271. The molecule has 2 aromatic rings. The fourth-order valence-corrected chi connectivity index (χ4v) is 3.38. The van der Waals surface area contributed by atoms with E-state index in [1.165, 1.54) is 0 Å². The van der Waals surface area contributed by atoms with Crippen molar-refractivity contribution in [2.75, 3.05) is 6.54 Å². The number of hydrogen-bond donors (Lipinski definition) is 1. The lowest BCUT2D eigenvalue weighted by molar-refractivity contribution is -0.00631. The molecule has 1 saturated heterocycles. The molecule has 0 spiro atoms. The summed E-state index contributed by atoms with van der Waals surface area (Å²) in [7, 11) is 0. The zero-order valence-electron chi connectivity index (χ0n) is 15.9. The Hall–Kier alpha value is -2.37. The van der Waals surface area contributed by atoms with Crippen LogP contribution in [0.3, 0.4) is 0 Å². The van der Waals surface area contributed by atoms with Gasteiger partial charge in [0.05, 0.1) is 30.9 Å². The Morgan fingerprint density at radius 2 is 1.59 bits per heavy atom. The van der Waals surface area contributed by atoms with E-state index in [1.54, 1.807) is 18.7 Å². The van der Waals surface area contributed by atoms with Crippen LogP contribution in [0, 0.1) is 0 Å². The van der Waals surface area contributed by atoms with Gasteiger partial charge >= 0.3 is 6.09 Å². The van der Waals surface area contributed by atoms with Crippen molar-refractivity contribution in [3.05, 3.63) is 71.8 Å². The SMILES string of the molecule is CC(C)(O)[C@@H]1C[C@@H](OCc2ccccc2)CN1C(=O)OCc1ccccc1. The average molecular weight is 369 g/mol. The fraction of sp³-hybridized carbons (Fsp3) is 0.409. The molecule has 2 atom stereocenters. The topological polar surface area (TPSA) is 59.0 Å². The molecule has 1 amide bonds. The number of carbonyl (C=O) groups excluding carboxylic acids is 1. The predicted molar refractivity (Wildman–Crippen MR) is 103 cm³/mol. The van der Waals surface area contributed by atoms with Gasteiger partial charge in [-0.1, -0.05) is 60.7 Å². The normalized spacial score (nSPS) is 19.9. The Morgan fingerprint density at radius 3 is 2.15 bits per heavy atom. The summed E-state index contributed by atoms with van der Waals surface area (Å²) in [5.41, 5.74) is 0.987. The van der Waals surface area contributed by atoms with Gasteiger partial charge in [0.1, 0.15) is 6.61 Å². The van der Waals surface area contributed by atoms with Crippen LogP contribution in [0.1, 0.15) is 31.4 Å². The van der Waals surface area contributed by atoms with Crippen molar-refractivity contribution in [2.45, 2.75) is 51.2 Å². The van der Waals surface area contributed by atoms with Gasteiger partial charge in [0.15, 0.2) is 0 Å². The van der Waals surface area contributed by atoms with Gasteiger partial charge in [0.25, 0.3) is 0 Å². The van der Waals surface area contributed by atoms with Gasteiger partial charge in [-0.05, 0) is 31.4 Å². The first kappa shape index (κ1) is 19.4. The molecule has 1 N–H and O–H groups in total. The summed E-state index contributed by atoms with van der Waals surface area (Å²) in [6.45, 7) is 4.54. The number of carbonyl (C=O) groups is 1. The molecule has 0 unspecified atom stereocenters. The van der Waals surface area contributed by atoms with Crippen molar-refractivity contribution in [2.24, 2.45) is 0 Å². The van der Waals surface area contributed by atoms with E-state index in [2.05, 4.69) is 0 Å². The first-order valence-electron chi connectivity index (χ1n) is 9.28. The van der Waals surface area contributed by atoms with E-state index >= 15 is 0 Å². The van der Waals surface area contributed by atoms with Crippen LogP contribution in [0.2, 0.25) is 0 Å². The van der Waals surface area contributed by atoms with Gasteiger partial charge < -0.3 is 14.6 Å². The maximum Gasteiger partial charge on any atom is 0.410 e. The van der Waals surface area contributed by atoms with Crippen molar-refractivity contribution in [1.82, 2.24) is 4.90 Å². The smallest absolute Gasteiger partial charge is 0.410 e. The van der Waals surface area contributed by atoms with Crippen LogP contribution in [0.15, 0.2) is 60.7 Å². The lowest BCUT2D eigenvalue weighted by atomic mass is 9.96. The van der Waals surface area contributed by atoms with Crippen molar-refractivity contribution in [3.63, 3.8) is 0 Å². The Kier molecular flexibility index (Phi) is 6.14. The molecule has 1 fully saturated rings. The van der Waals surface area contributed by atoms with E-state index in [0.717, 1.165) is 11.1 Å². The summed E-state index contributed by atoms with van der Waals surface area (Å²) in [4.78, 5) is 14.2. The molecule has 0 aliphatic carbocycles. The monoisotopic (exact) mass is 369 g/mol. The number of amides is 1. The largest absolute Gasteiger partial charge is 0.445 e. The number of likely N-dealkylation sites (tertiary alicyclic amines) is 1. The minimum Gasteiger partial charge on any atom is -0.445 e. The summed E-state index contributed by atoms with van der Waals surface area (Å²) < 4.78 is 11.5. The van der Waals surface area contributed by atoms with E-state index in [-0.39, 0.29) is 18.8 Å². The number of ether oxygens (including phenoxy) is 2. The van der Waals surface area contributed by atoms with Crippen LogP contribution in [0.5, 0.6) is 0 Å². The number of hydrogen-bond acceptors (Lipinski definition) is 4. The quantitative estimate of drug-likeness (QED) is 0.842. The second-order valence-corrected chi connectivity index (χ2v) is 7.52. The molecule has 5 heteroatoms. The highest BCUT2D eigenvalue weighted by Crippen LogP contribution is 2.30. The molecule has 0 radical (unpaired) electrons. The Bertz CT molecular complexity index is 727. The first-order chi connectivity index (χ1) is 12.9. The van der Waals surface area contributed by atoms with Crippen LogP contribution in [-0.4, -0.2) is 40.4 Å². The zero-order chi connectivity index (χ0) is 19.3. The van der Waals surface area contributed by atoms with Gasteiger partial charge in [-0.2, -0.15) is 0 Å². The Morgan fingerprint density at radius 1 is 1.04 bits per heavy atom. The predicted octanol–water partition coefficient (Wildman–Crippen LogP) is 3.75. The third kappa shape index (κ3) is 5.31. The third-order valence-corrected chi connectivity index (χ3v) is 4.85. The van der Waals surface area contributed by atoms with Gasteiger partial charge in [-0.25, -0.2) is 4.79 Å².